The third kappa shape index (κ3) is 17.3. The molecule has 0 radical (unpaired) electrons. The second kappa shape index (κ2) is 18.1. The predicted molar refractivity (Wildman–Crippen MR) is 62.6 cm³/mol. The van der Waals surface area contributed by atoms with Crippen LogP contribution in [0, 0.1) is 0 Å². The molecule has 0 aliphatic carbocycles. The second-order valence-corrected chi connectivity index (χ2v) is 3.12. The molecule has 0 atom stereocenters. The monoisotopic (exact) mass is 158 g/mol. The fourth-order valence-electron chi connectivity index (χ4n) is 1.21. The Kier molecular flexibility index (Phi) is 28.4. The van der Waals surface area contributed by atoms with E-state index >= 15 is 0 Å². The third-order valence-electron chi connectivity index (χ3n) is 1.96. The fraction of sp³-hybridized carbons (Fsp3) is 1.00. The molecular weight excluding hydrogens is 134 g/mol. The van der Waals surface area contributed by atoms with Crippen molar-refractivity contribution < 1.29 is 0 Å². The molecule has 66 valence electrons. The molecule has 0 rings (SSSR count). The summed E-state index contributed by atoms with van der Waals surface area (Å²) in [4.78, 5) is 0. The van der Waals surface area contributed by atoms with E-state index in [-0.39, 0.29) is 37.7 Å². The quantitative estimate of drug-likeness (QED) is 0.395. The Labute approximate surface area is 103 Å². The van der Waals surface area contributed by atoms with Gasteiger partial charge in [-0.05, 0) is 0 Å². The van der Waals surface area contributed by atoms with Crippen molar-refractivity contribution in [3.8, 4) is 0 Å². The summed E-state index contributed by atoms with van der Waals surface area (Å²) in [5, 5.41) is 0. The third-order valence-corrected chi connectivity index (χ3v) is 1.96. The normalized spacial score (nSPS) is 8.50. The summed E-state index contributed by atoms with van der Waals surface area (Å²) in [6, 6.07) is 0. The topological polar surface area (TPSA) is 0 Å². The predicted octanol–water partition coefficient (Wildman–Crippen LogP) is 2.85. The van der Waals surface area contributed by atoms with Crippen LogP contribution in [0.2, 0.25) is 0 Å². The molecule has 0 saturated heterocycles. The summed E-state index contributed by atoms with van der Waals surface area (Å²) in [5.41, 5.74) is 0. The molecule has 0 fully saturated rings. The second-order valence-electron chi connectivity index (χ2n) is 3.12. The minimum absolute atomic E-state index is 0. The van der Waals surface area contributed by atoms with Gasteiger partial charge in [0.1, 0.15) is 0 Å². The van der Waals surface area contributed by atoms with Crippen molar-refractivity contribution in [2.24, 2.45) is 0 Å². The maximum absolute atomic E-state index is 2.27. The molecule has 0 saturated carbocycles. The van der Waals surface area contributed by atoms with Crippen LogP contribution in [-0.2, 0) is 0 Å². The summed E-state index contributed by atoms with van der Waals surface area (Å²) >= 11 is 0. The molecular formula is C10H24Li2. The first-order valence-electron chi connectivity index (χ1n) is 4.91. The minimum atomic E-state index is 0. The molecule has 0 spiro atoms. The first-order chi connectivity index (χ1) is 4.91. The zero-order valence-electron chi connectivity index (χ0n) is 7.66. The van der Waals surface area contributed by atoms with Crippen molar-refractivity contribution in [3.63, 3.8) is 0 Å². The van der Waals surface area contributed by atoms with E-state index < -0.39 is 0 Å². The molecule has 0 N–H and O–H groups in total. The molecule has 12 heavy (non-hydrogen) atoms. The van der Waals surface area contributed by atoms with Gasteiger partial charge in [0, 0.05) is 0 Å². The van der Waals surface area contributed by atoms with Crippen molar-refractivity contribution in [1.29, 1.82) is 0 Å². The van der Waals surface area contributed by atoms with Gasteiger partial charge < -0.3 is 0 Å². The Morgan fingerprint density at radius 3 is 1.00 bits per heavy atom. The van der Waals surface area contributed by atoms with Crippen LogP contribution in [0.5, 0.6) is 0 Å². The zero-order chi connectivity index (χ0) is 7.66. The van der Waals surface area contributed by atoms with Crippen LogP contribution in [0.4, 0.5) is 0 Å². The van der Waals surface area contributed by atoms with E-state index in [9.17, 15) is 0 Å². The van der Waals surface area contributed by atoms with Gasteiger partial charge in [0.2, 0.25) is 0 Å². The summed E-state index contributed by atoms with van der Waals surface area (Å²) in [6.45, 7) is 4.54. The van der Waals surface area contributed by atoms with Crippen molar-refractivity contribution >= 4 is 37.7 Å². The molecule has 0 aromatic heterocycles. The standard InChI is InChI=1S/C10H22.2Li.2H/c1-3-5-7-9-10-8-6-4-2;;;;/h3-10H2,1-2H3;;;;. The van der Waals surface area contributed by atoms with Gasteiger partial charge in [-0.2, -0.15) is 0 Å². The van der Waals surface area contributed by atoms with Gasteiger partial charge >= 0.3 is 37.7 Å². The van der Waals surface area contributed by atoms with Crippen LogP contribution < -0.4 is 0 Å². The Balaban J connectivity index is -0.000000405. The summed E-state index contributed by atoms with van der Waals surface area (Å²) in [7, 11) is 0. The summed E-state index contributed by atoms with van der Waals surface area (Å²) in [5.74, 6) is 0. The molecule has 0 bridgehead atoms. The Morgan fingerprint density at radius 1 is 0.500 bits per heavy atom. The number of unbranched alkanes of at least 4 members (excludes halogenated alkanes) is 7. The Bertz CT molecular complexity index is 47.8. The first-order valence-corrected chi connectivity index (χ1v) is 4.91. The zero-order valence-corrected chi connectivity index (χ0v) is 7.66. The average Bonchev–Trinajstić information content (AvgIpc) is 1.97. The van der Waals surface area contributed by atoms with Gasteiger partial charge in [-0.25, -0.2) is 0 Å². The van der Waals surface area contributed by atoms with Crippen LogP contribution in [0.3, 0.4) is 0 Å². The molecule has 0 aliphatic heterocycles. The van der Waals surface area contributed by atoms with Crippen molar-refractivity contribution in [2.75, 3.05) is 0 Å². The average molecular weight is 158 g/mol. The van der Waals surface area contributed by atoms with E-state index in [1.54, 1.807) is 0 Å². The van der Waals surface area contributed by atoms with Gasteiger partial charge in [0.05, 0.1) is 0 Å². The maximum atomic E-state index is 2.27. The van der Waals surface area contributed by atoms with Gasteiger partial charge in [-0.15, -0.1) is 0 Å². The van der Waals surface area contributed by atoms with Crippen molar-refractivity contribution in [3.05, 3.63) is 0 Å². The van der Waals surface area contributed by atoms with E-state index in [2.05, 4.69) is 13.8 Å². The van der Waals surface area contributed by atoms with Crippen molar-refractivity contribution in [2.45, 2.75) is 65.2 Å². The van der Waals surface area contributed by atoms with Crippen LogP contribution in [0.25, 0.3) is 0 Å². The van der Waals surface area contributed by atoms with E-state index in [1.807, 2.05) is 0 Å². The molecule has 0 amide bonds. The summed E-state index contributed by atoms with van der Waals surface area (Å²) in [6.07, 6.45) is 11.5. The van der Waals surface area contributed by atoms with Crippen LogP contribution in [0.15, 0.2) is 0 Å². The van der Waals surface area contributed by atoms with E-state index in [1.165, 1.54) is 51.4 Å². The molecule has 0 aromatic rings. The summed E-state index contributed by atoms with van der Waals surface area (Å²) < 4.78 is 0. The Hall–Kier alpha value is 1.19. The van der Waals surface area contributed by atoms with Gasteiger partial charge in [0.15, 0.2) is 0 Å². The number of hydrogen-bond donors (Lipinski definition) is 0. The van der Waals surface area contributed by atoms with Crippen LogP contribution in [0.1, 0.15) is 65.2 Å². The fourth-order valence-corrected chi connectivity index (χ4v) is 1.21. The number of hydrogen-bond acceptors (Lipinski definition) is 0. The van der Waals surface area contributed by atoms with Crippen molar-refractivity contribution in [1.82, 2.24) is 0 Å². The van der Waals surface area contributed by atoms with E-state index in [4.69, 9.17) is 0 Å². The molecule has 2 heteroatoms. The van der Waals surface area contributed by atoms with Crippen LogP contribution >= 0.6 is 0 Å². The number of rotatable bonds is 7. The Morgan fingerprint density at radius 2 is 0.750 bits per heavy atom. The SMILES string of the molecule is CCCCCCCCCC.[LiH].[LiH]. The van der Waals surface area contributed by atoms with Gasteiger partial charge in [-0.3, -0.25) is 0 Å². The van der Waals surface area contributed by atoms with E-state index in [0.29, 0.717) is 0 Å². The van der Waals surface area contributed by atoms with Gasteiger partial charge in [0.25, 0.3) is 0 Å². The first kappa shape index (κ1) is 18.9. The van der Waals surface area contributed by atoms with Crippen LogP contribution in [-0.4, -0.2) is 37.7 Å². The van der Waals surface area contributed by atoms with E-state index in [0.717, 1.165) is 0 Å². The van der Waals surface area contributed by atoms with Gasteiger partial charge in [-0.1, -0.05) is 65.2 Å². The molecule has 0 heterocycles. The molecule has 0 aromatic carbocycles. The molecule has 0 nitrogen and oxygen atoms in total. The molecule has 0 unspecified atom stereocenters. The molecule has 0 aliphatic rings.